The van der Waals surface area contributed by atoms with E-state index >= 15 is 0 Å². The van der Waals surface area contributed by atoms with Crippen LogP contribution in [-0.2, 0) is 9.84 Å². The van der Waals surface area contributed by atoms with Gasteiger partial charge in [0, 0.05) is 0 Å². The first-order chi connectivity index (χ1) is 9.04. The van der Waals surface area contributed by atoms with Gasteiger partial charge in [0.05, 0.1) is 11.0 Å². The van der Waals surface area contributed by atoms with Crippen molar-refractivity contribution in [3.63, 3.8) is 0 Å². The van der Waals surface area contributed by atoms with Crippen LogP contribution in [0, 0.1) is 6.92 Å². The third kappa shape index (κ3) is 6.62. The molecule has 21 heavy (non-hydrogen) atoms. The summed E-state index contributed by atoms with van der Waals surface area (Å²) in [6, 6.07) is 3.17. The molecule has 0 amide bonds. The molecule has 1 aromatic rings. The normalized spacial score (nSPS) is 12.1. The second kappa shape index (κ2) is 8.35. The Labute approximate surface area is 166 Å². The van der Waals surface area contributed by atoms with Crippen molar-refractivity contribution < 1.29 is 77.5 Å². The molecule has 0 spiro atoms. The molecule has 0 aliphatic heterocycles. The predicted octanol–water partition coefficient (Wildman–Crippen LogP) is -0.745. The summed E-state index contributed by atoms with van der Waals surface area (Å²) in [6.45, 7) is -0.470. The van der Waals surface area contributed by atoms with E-state index in [0.717, 1.165) is 12.1 Å². The van der Waals surface area contributed by atoms with E-state index in [1.807, 2.05) is 0 Å². The molecule has 1 aromatic carbocycles. The van der Waals surface area contributed by atoms with E-state index in [1.54, 1.807) is 13.8 Å². The van der Waals surface area contributed by atoms with Crippen LogP contribution in [0.2, 0.25) is 0 Å². The van der Waals surface area contributed by atoms with E-state index in [0.29, 0.717) is 5.56 Å². The molecule has 0 heterocycles. The van der Waals surface area contributed by atoms with Crippen LogP contribution in [-0.4, -0.2) is 33.0 Å². The van der Waals surface area contributed by atoms with Crippen LogP contribution in [0.3, 0.4) is 0 Å². The first-order valence-electron chi connectivity index (χ1n) is 6.19. The number of sulfone groups is 1. The van der Waals surface area contributed by atoms with Crippen molar-refractivity contribution in [1.29, 1.82) is 0 Å². The average Bonchev–Trinajstić information content (AvgIpc) is 2.29. The Morgan fingerprint density at radius 3 is 2.24 bits per heavy atom. The maximum Gasteiger partial charge on any atom is 1.00 e. The molecule has 0 aromatic heterocycles. The Hall–Kier alpha value is 0.461. The van der Waals surface area contributed by atoms with Gasteiger partial charge >= 0.3 is 58.4 Å². The molecular weight excluding hydrogens is 331 g/mol. The Bertz CT molecular complexity index is 574. The summed E-state index contributed by atoms with van der Waals surface area (Å²) in [5.74, 6) is 0.113. The standard InChI is InChI=1S/C12H17BF3O3S.K/c1-9(2)20(17,18)7-6-19-12-5-4-11(8-10(12)3)13(14,15)16;/h4-5,8-9H,6-7H2,1-3H3;/q-1;+1. The molecule has 0 saturated carbocycles. The quantitative estimate of drug-likeness (QED) is 0.636. The van der Waals surface area contributed by atoms with Crippen molar-refractivity contribution in [1.82, 2.24) is 0 Å². The summed E-state index contributed by atoms with van der Waals surface area (Å²) < 4.78 is 66.0. The van der Waals surface area contributed by atoms with Crippen LogP contribution in [0.4, 0.5) is 12.9 Å². The molecule has 3 nitrogen and oxygen atoms in total. The smallest absolute Gasteiger partial charge is 0.492 e. The third-order valence-corrected chi connectivity index (χ3v) is 5.09. The van der Waals surface area contributed by atoms with E-state index in [1.165, 1.54) is 13.0 Å². The molecule has 0 fully saturated rings. The first kappa shape index (κ1) is 21.5. The van der Waals surface area contributed by atoms with Crippen molar-refractivity contribution in [2.45, 2.75) is 26.0 Å². The van der Waals surface area contributed by atoms with Gasteiger partial charge < -0.3 is 17.7 Å². The van der Waals surface area contributed by atoms with Crippen molar-refractivity contribution in [3.05, 3.63) is 23.8 Å². The molecule has 9 heteroatoms. The summed E-state index contributed by atoms with van der Waals surface area (Å²) in [5.41, 5.74) is -0.353. The monoisotopic (exact) mass is 348 g/mol. The molecule has 0 radical (unpaired) electrons. The molecule has 114 valence electrons. The first-order valence-corrected chi connectivity index (χ1v) is 7.90. The number of rotatable bonds is 6. The number of aryl methyl sites for hydroxylation is 1. The van der Waals surface area contributed by atoms with Gasteiger partial charge in [0.15, 0.2) is 9.84 Å². The molecule has 0 N–H and O–H groups in total. The molecule has 0 bridgehead atoms. The summed E-state index contributed by atoms with van der Waals surface area (Å²) in [7, 11) is -3.21. The van der Waals surface area contributed by atoms with Gasteiger partial charge in [-0.15, -0.1) is 5.46 Å². The Balaban J connectivity index is 0.00000400. The van der Waals surface area contributed by atoms with Gasteiger partial charge in [0.1, 0.15) is 12.4 Å². The van der Waals surface area contributed by atoms with Crippen LogP contribution >= 0.6 is 0 Å². The summed E-state index contributed by atoms with van der Waals surface area (Å²) >= 11 is 0. The van der Waals surface area contributed by atoms with Gasteiger partial charge in [-0.25, -0.2) is 8.42 Å². The molecule has 0 unspecified atom stereocenters. The predicted molar refractivity (Wildman–Crippen MR) is 74.3 cm³/mol. The maximum absolute atomic E-state index is 12.5. The molecule has 0 aliphatic rings. The van der Waals surface area contributed by atoms with Gasteiger partial charge in [-0.1, -0.05) is 12.1 Å². The van der Waals surface area contributed by atoms with Crippen LogP contribution < -0.4 is 61.6 Å². The van der Waals surface area contributed by atoms with Crippen molar-refractivity contribution >= 4 is 22.3 Å². The van der Waals surface area contributed by atoms with E-state index in [4.69, 9.17) is 4.74 Å². The summed E-state index contributed by atoms with van der Waals surface area (Å²) in [6.07, 6.45) is 0. The largest absolute Gasteiger partial charge is 1.00 e. The zero-order chi connectivity index (χ0) is 15.6. The maximum atomic E-state index is 12.5. The Kier molecular flexibility index (Phi) is 8.54. The number of halogens is 3. The zero-order valence-corrected chi connectivity index (χ0v) is 16.5. The average molecular weight is 348 g/mol. The Morgan fingerprint density at radius 2 is 1.81 bits per heavy atom. The van der Waals surface area contributed by atoms with Gasteiger partial charge in [0.25, 0.3) is 0 Å². The van der Waals surface area contributed by atoms with E-state index < -0.39 is 27.5 Å². The molecule has 0 saturated heterocycles. The van der Waals surface area contributed by atoms with Gasteiger partial charge in [-0.2, -0.15) is 0 Å². The van der Waals surface area contributed by atoms with Crippen molar-refractivity contribution in [2.24, 2.45) is 0 Å². The van der Waals surface area contributed by atoms with Gasteiger partial charge in [-0.05, 0) is 32.4 Å². The number of ether oxygens (including phenoxy) is 1. The number of benzene rings is 1. The van der Waals surface area contributed by atoms with Crippen LogP contribution in [0.15, 0.2) is 18.2 Å². The molecule has 1 rings (SSSR count). The minimum Gasteiger partial charge on any atom is -0.492 e. The minimum atomic E-state index is -5.04. The van der Waals surface area contributed by atoms with Crippen LogP contribution in [0.25, 0.3) is 0 Å². The van der Waals surface area contributed by atoms with Crippen LogP contribution in [0.5, 0.6) is 5.75 Å². The van der Waals surface area contributed by atoms with Gasteiger partial charge in [0.2, 0.25) is 0 Å². The molecule has 0 atom stereocenters. The van der Waals surface area contributed by atoms with Crippen molar-refractivity contribution in [3.8, 4) is 5.75 Å². The second-order valence-electron chi connectivity index (χ2n) is 4.86. The summed E-state index contributed by atoms with van der Waals surface area (Å²) in [5, 5.41) is -0.498. The van der Waals surface area contributed by atoms with E-state index in [-0.39, 0.29) is 69.5 Å². The fourth-order valence-corrected chi connectivity index (χ4v) is 2.33. The fraction of sp³-hybridized carbons (Fsp3) is 0.500. The number of hydrogen-bond donors (Lipinski definition) is 0. The molecular formula is C12H17BF3KO3S. The fourth-order valence-electron chi connectivity index (χ4n) is 1.54. The van der Waals surface area contributed by atoms with Crippen LogP contribution in [0.1, 0.15) is 19.4 Å². The Morgan fingerprint density at radius 1 is 1.24 bits per heavy atom. The topological polar surface area (TPSA) is 43.4 Å². The number of hydrogen-bond acceptors (Lipinski definition) is 3. The minimum absolute atomic E-state index is 0. The van der Waals surface area contributed by atoms with E-state index in [9.17, 15) is 21.4 Å². The third-order valence-electron chi connectivity index (χ3n) is 2.92. The SMILES string of the molecule is Cc1cc([B-](F)(F)F)ccc1OCCS(=O)(=O)C(C)C.[K+]. The molecule has 0 aliphatic carbocycles. The van der Waals surface area contributed by atoms with Crippen molar-refractivity contribution in [2.75, 3.05) is 12.4 Å². The van der Waals surface area contributed by atoms with Gasteiger partial charge in [-0.3, -0.25) is 0 Å². The van der Waals surface area contributed by atoms with E-state index in [2.05, 4.69) is 0 Å². The summed E-state index contributed by atoms with van der Waals surface area (Å²) in [4.78, 5) is 0. The zero-order valence-electron chi connectivity index (χ0n) is 12.6. The second-order valence-corrected chi connectivity index (χ2v) is 7.54.